The van der Waals surface area contributed by atoms with Gasteiger partial charge in [-0.05, 0) is 25.7 Å². The van der Waals surface area contributed by atoms with Crippen LogP contribution in [0.4, 0.5) is 0 Å². The van der Waals surface area contributed by atoms with Crippen molar-refractivity contribution in [3.05, 3.63) is 11.4 Å². The van der Waals surface area contributed by atoms with Gasteiger partial charge in [-0.3, -0.25) is 4.79 Å². The predicted molar refractivity (Wildman–Crippen MR) is 56.7 cm³/mol. The van der Waals surface area contributed by atoms with Crippen LogP contribution in [0, 0.1) is 5.92 Å². The molecule has 1 aliphatic carbocycles. The van der Waals surface area contributed by atoms with Gasteiger partial charge in [0.1, 0.15) is 0 Å². The smallest absolute Gasteiger partial charge is 0.271 e. The molecule has 0 spiro atoms. The molecule has 1 unspecified atom stereocenters. The number of carbonyl (C=O) groups is 1. The van der Waals surface area contributed by atoms with Gasteiger partial charge in [-0.1, -0.05) is 5.21 Å². The summed E-state index contributed by atoms with van der Waals surface area (Å²) in [5.41, 5.74) is 6.13. The number of ether oxygens (including phenoxy) is 1. The quantitative estimate of drug-likeness (QED) is 0.789. The molecule has 88 valence electrons. The first kappa shape index (κ1) is 11.1. The molecule has 1 aliphatic rings. The van der Waals surface area contributed by atoms with Gasteiger partial charge in [-0.15, -0.1) is 5.10 Å². The first-order valence-electron chi connectivity index (χ1n) is 5.38. The predicted octanol–water partition coefficient (Wildman–Crippen LogP) is 0.494. The molecule has 0 radical (unpaired) electrons. The molecule has 1 fully saturated rings. The number of nitrogens with zero attached hydrogens (tertiary/aromatic N) is 3. The number of carbonyl (C=O) groups excluding carboxylic acids is 1. The Kier molecular flexibility index (Phi) is 2.91. The zero-order valence-electron chi connectivity index (χ0n) is 9.51. The highest BCUT2D eigenvalue weighted by Crippen LogP contribution is 2.39. The third kappa shape index (κ3) is 1.92. The minimum atomic E-state index is -0.554. The molecule has 0 bridgehead atoms. The third-order valence-electron chi connectivity index (χ3n) is 3.00. The monoisotopic (exact) mass is 224 g/mol. The largest absolute Gasteiger partial charge is 0.378 e. The van der Waals surface area contributed by atoms with Crippen LogP contribution in [-0.2, 0) is 11.3 Å². The van der Waals surface area contributed by atoms with Crippen LogP contribution in [-0.4, -0.2) is 28.0 Å². The number of methoxy groups -OCH3 is 1. The first-order chi connectivity index (χ1) is 7.65. The number of aromatic nitrogens is 3. The molecule has 2 N–H and O–H groups in total. The number of nitrogens with two attached hydrogens (primary N) is 1. The van der Waals surface area contributed by atoms with E-state index in [1.54, 1.807) is 11.8 Å². The Balaban J connectivity index is 2.32. The van der Waals surface area contributed by atoms with Gasteiger partial charge >= 0.3 is 0 Å². The number of amides is 1. The van der Waals surface area contributed by atoms with Crippen LogP contribution < -0.4 is 5.73 Å². The topological polar surface area (TPSA) is 83.0 Å². The normalized spacial score (nSPS) is 17.4. The zero-order chi connectivity index (χ0) is 11.7. The van der Waals surface area contributed by atoms with E-state index in [1.165, 1.54) is 12.8 Å². The third-order valence-corrected chi connectivity index (χ3v) is 3.00. The molecule has 1 aromatic rings. The molecule has 2 rings (SSSR count). The fraction of sp³-hybridized carbons (Fsp3) is 0.700. The second-order valence-corrected chi connectivity index (χ2v) is 4.20. The van der Waals surface area contributed by atoms with Gasteiger partial charge in [0.2, 0.25) is 0 Å². The molecule has 0 aliphatic heterocycles. The molecular weight excluding hydrogens is 208 g/mol. The highest BCUT2D eigenvalue weighted by Gasteiger charge is 2.32. The Hall–Kier alpha value is -1.43. The molecule has 1 aromatic heterocycles. The first-order valence-corrected chi connectivity index (χ1v) is 5.38. The van der Waals surface area contributed by atoms with E-state index in [2.05, 4.69) is 17.2 Å². The van der Waals surface area contributed by atoms with E-state index >= 15 is 0 Å². The lowest BCUT2D eigenvalue weighted by molar-refractivity contribution is 0.0989. The maximum absolute atomic E-state index is 11.2. The van der Waals surface area contributed by atoms with E-state index in [-0.39, 0.29) is 11.7 Å². The van der Waals surface area contributed by atoms with Gasteiger partial charge in [0.05, 0.1) is 18.3 Å². The molecule has 16 heavy (non-hydrogen) atoms. The molecule has 6 nitrogen and oxygen atoms in total. The minimum absolute atomic E-state index is 0.217. The summed E-state index contributed by atoms with van der Waals surface area (Å²) < 4.78 is 6.82. The van der Waals surface area contributed by atoms with E-state index in [0.29, 0.717) is 18.2 Å². The van der Waals surface area contributed by atoms with E-state index in [0.717, 1.165) is 0 Å². The molecular formula is C10H16N4O2. The highest BCUT2D eigenvalue weighted by atomic mass is 16.5. The van der Waals surface area contributed by atoms with Crippen molar-refractivity contribution in [2.75, 3.05) is 7.11 Å². The SMILES string of the molecule is COCc1c(C(N)=O)nnn1C(C)C1CC1. The van der Waals surface area contributed by atoms with Crippen molar-refractivity contribution in [2.24, 2.45) is 11.7 Å². The molecule has 6 heteroatoms. The van der Waals surface area contributed by atoms with Crippen molar-refractivity contribution in [3.63, 3.8) is 0 Å². The van der Waals surface area contributed by atoms with E-state index in [4.69, 9.17) is 10.5 Å². The van der Waals surface area contributed by atoms with Gasteiger partial charge in [-0.2, -0.15) is 0 Å². The van der Waals surface area contributed by atoms with Crippen molar-refractivity contribution >= 4 is 5.91 Å². The van der Waals surface area contributed by atoms with Gasteiger partial charge in [0.15, 0.2) is 5.69 Å². The summed E-state index contributed by atoms with van der Waals surface area (Å²) in [6.45, 7) is 2.39. The molecule has 1 amide bonds. The van der Waals surface area contributed by atoms with Crippen molar-refractivity contribution in [1.82, 2.24) is 15.0 Å². The Morgan fingerprint density at radius 3 is 2.88 bits per heavy atom. The van der Waals surface area contributed by atoms with Crippen LogP contribution in [0.3, 0.4) is 0 Å². The lowest BCUT2D eigenvalue weighted by atomic mass is 10.2. The Bertz CT molecular complexity index is 398. The molecule has 0 saturated heterocycles. The van der Waals surface area contributed by atoms with Crippen LogP contribution in [0.25, 0.3) is 0 Å². The number of primary amides is 1. The Morgan fingerprint density at radius 2 is 2.38 bits per heavy atom. The number of hydrogen-bond donors (Lipinski definition) is 1. The Morgan fingerprint density at radius 1 is 1.69 bits per heavy atom. The zero-order valence-corrected chi connectivity index (χ0v) is 9.51. The van der Waals surface area contributed by atoms with Crippen molar-refractivity contribution < 1.29 is 9.53 Å². The van der Waals surface area contributed by atoms with Gasteiger partial charge in [0, 0.05) is 7.11 Å². The summed E-state index contributed by atoms with van der Waals surface area (Å²) >= 11 is 0. The van der Waals surface area contributed by atoms with Crippen LogP contribution in [0.15, 0.2) is 0 Å². The van der Waals surface area contributed by atoms with Crippen LogP contribution in [0.5, 0.6) is 0 Å². The molecule has 1 atom stereocenters. The van der Waals surface area contributed by atoms with Crippen LogP contribution in [0.1, 0.15) is 42.0 Å². The average Bonchev–Trinajstić information content (AvgIpc) is 2.99. The maximum Gasteiger partial charge on any atom is 0.271 e. The molecule has 0 aromatic carbocycles. The number of hydrogen-bond acceptors (Lipinski definition) is 4. The molecule has 1 saturated carbocycles. The van der Waals surface area contributed by atoms with Crippen LogP contribution in [0.2, 0.25) is 0 Å². The molecule has 1 heterocycles. The second kappa shape index (κ2) is 4.21. The number of rotatable bonds is 5. The maximum atomic E-state index is 11.2. The van der Waals surface area contributed by atoms with E-state index in [9.17, 15) is 4.79 Å². The van der Waals surface area contributed by atoms with E-state index in [1.807, 2.05) is 0 Å². The second-order valence-electron chi connectivity index (χ2n) is 4.20. The van der Waals surface area contributed by atoms with Gasteiger partial charge < -0.3 is 10.5 Å². The average molecular weight is 224 g/mol. The minimum Gasteiger partial charge on any atom is -0.378 e. The summed E-state index contributed by atoms with van der Waals surface area (Å²) in [4.78, 5) is 11.2. The van der Waals surface area contributed by atoms with E-state index < -0.39 is 5.91 Å². The summed E-state index contributed by atoms with van der Waals surface area (Å²) in [6.07, 6.45) is 2.42. The van der Waals surface area contributed by atoms with Crippen LogP contribution >= 0.6 is 0 Å². The van der Waals surface area contributed by atoms with Gasteiger partial charge in [-0.25, -0.2) is 4.68 Å². The fourth-order valence-electron chi connectivity index (χ4n) is 1.88. The standard InChI is InChI=1S/C10H16N4O2/c1-6(7-3-4-7)14-8(5-16-2)9(10(11)15)12-13-14/h6-7H,3-5H2,1-2H3,(H2,11,15). The lowest BCUT2D eigenvalue weighted by Crippen LogP contribution is -2.17. The van der Waals surface area contributed by atoms with Crippen molar-refractivity contribution in [3.8, 4) is 0 Å². The summed E-state index contributed by atoms with van der Waals surface area (Å²) in [5, 5.41) is 7.83. The summed E-state index contributed by atoms with van der Waals surface area (Å²) in [5.74, 6) is 0.0827. The fourth-order valence-corrected chi connectivity index (χ4v) is 1.88. The van der Waals surface area contributed by atoms with Crippen molar-refractivity contribution in [2.45, 2.75) is 32.4 Å². The Labute approximate surface area is 93.8 Å². The highest BCUT2D eigenvalue weighted by molar-refractivity contribution is 5.91. The lowest BCUT2D eigenvalue weighted by Gasteiger charge is -2.13. The summed E-state index contributed by atoms with van der Waals surface area (Å²) in [6, 6.07) is 0.255. The van der Waals surface area contributed by atoms with Crippen molar-refractivity contribution in [1.29, 1.82) is 0 Å². The van der Waals surface area contributed by atoms with Gasteiger partial charge in [0.25, 0.3) is 5.91 Å². The summed E-state index contributed by atoms with van der Waals surface area (Å²) in [7, 11) is 1.57.